The van der Waals surface area contributed by atoms with Gasteiger partial charge in [-0.1, -0.05) is 33.6 Å². The van der Waals surface area contributed by atoms with Gasteiger partial charge < -0.3 is 11.1 Å². The van der Waals surface area contributed by atoms with E-state index in [0.717, 1.165) is 19.6 Å². The van der Waals surface area contributed by atoms with Gasteiger partial charge in [0.1, 0.15) is 0 Å². The van der Waals surface area contributed by atoms with Gasteiger partial charge in [0, 0.05) is 19.1 Å². The van der Waals surface area contributed by atoms with Crippen molar-refractivity contribution < 1.29 is 4.79 Å². The Morgan fingerprint density at radius 1 is 1.42 bits per heavy atom. The van der Waals surface area contributed by atoms with Gasteiger partial charge in [0.15, 0.2) is 0 Å². The molecule has 4 nitrogen and oxygen atoms in total. The number of hydrogen-bond acceptors (Lipinski definition) is 3. The fourth-order valence-electron chi connectivity index (χ4n) is 2.90. The molecule has 0 bridgehead atoms. The zero-order valence-corrected chi connectivity index (χ0v) is 12.8. The predicted molar refractivity (Wildman–Crippen MR) is 79.9 cm³/mol. The molecule has 2 atom stereocenters. The van der Waals surface area contributed by atoms with Crippen LogP contribution in [0.2, 0.25) is 0 Å². The van der Waals surface area contributed by atoms with E-state index in [0.29, 0.717) is 24.4 Å². The molecule has 0 saturated carbocycles. The Hall–Kier alpha value is -0.610. The SMILES string of the molecule is CCCCC1CC(NCC(C)C)CN(CC(N)=O)C1. The molecule has 1 fully saturated rings. The van der Waals surface area contributed by atoms with Crippen LogP contribution in [0.25, 0.3) is 0 Å². The van der Waals surface area contributed by atoms with Crippen LogP contribution in [-0.2, 0) is 4.79 Å². The highest BCUT2D eigenvalue weighted by Crippen LogP contribution is 2.22. The van der Waals surface area contributed by atoms with E-state index < -0.39 is 0 Å². The fourth-order valence-corrected chi connectivity index (χ4v) is 2.90. The number of rotatable bonds is 8. The van der Waals surface area contributed by atoms with Gasteiger partial charge in [-0.05, 0) is 31.2 Å². The third-order valence-corrected chi connectivity index (χ3v) is 3.77. The zero-order valence-electron chi connectivity index (χ0n) is 12.8. The maximum absolute atomic E-state index is 11.1. The molecule has 0 aromatic carbocycles. The van der Waals surface area contributed by atoms with Crippen LogP contribution >= 0.6 is 0 Å². The van der Waals surface area contributed by atoms with Gasteiger partial charge in [-0.15, -0.1) is 0 Å². The van der Waals surface area contributed by atoms with Crippen molar-refractivity contribution in [3.8, 4) is 0 Å². The number of primary amides is 1. The van der Waals surface area contributed by atoms with Crippen molar-refractivity contribution in [2.24, 2.45) is 17.6 Å². The van der Waals surface area contributed by atoms with Crippen molar-refractivity contribution in [2.75, 3.05) is 26.2 Å². The van der Waals surface area contributed by atoms with E-state index in [1.54, 1.807) is 0 Å². The van der Waals surface area contributed by atoms with E-state index in [4.69, 9.17) is 5.73 Å². The number of nitrogens with zero attached hydrogens (tertiary/aromatic N) is 1. The van der Waals surface area contributed by atoms with E-state index in [1.807, 2.05) is 0 Å². The van der Waals surface area contributed by atoms with Gasteiger partial charge in [-0.25, -0.2) is 0 Å². The lowest BCUT2D eigenvalue weighted by atomic mass is 9.89. The van der Waals surface area contributed by atoms with Crippen LogP contribution in [0.4, 0.5) is 0 Å². The van der Waals surface area contributed by atoms with Crippen LogP contribution in [0.3, 0.4) is 0 Å². The molecule has 3 N–H and O–H groups in total. The minimum absolute atomic E-state index is 0.209. The van der Waals surface area contributed by atoms with Gasteiger partial charge >= 0.3 is 0 Å². The van der Waals surface area contributed by atoms with Gasteiger partial charge in [0.05, 0.1) is 6.54 Å². The number of hydrogen-bond donors (Lipinski definition) is 2. The normalized spacial score (nSPS) is 24.8. The molecular weight excluding hydrogens is 238 g/mol. The average molecular weight is 269 g/mol. The topological polar surface area (TPSA) is 58.4 Å². The second-order valence-electron chi connectivity index (χ2n) is 6.40. The maximum Gasteiger partial charge on any atom is 0.231 e. The Bertz CT molecular complexity index is 268. The molecule has 0 aromatic heterocycles. The maximum atomic E-state index is 11.1. The molecule has 0 aromatic rings. The first kappa shape index (κ1) is 16.4. The van der Waals surface area contributed by atoms with Crippen molar-refractivity contribution in [3.63, 3.8) is 0 Å². The summed E-state index contributed by atoms with van der Waals surface area (Å²) in [4.78, 5) is 13.3. The summed E-state index contributed by atoms with van der Waals surface area (Å²) in [7, 11) is 0. The van der Waals surface area contributed by atoms with Crippen LogP contribution in [0.5, 0.6) is 0 Å². The third-order valence-electron chi connectivity index (χ3n) is 3.77. The Morgan fingerprint density at radius 2 is 2.16 bits per heavy atom. The molecule has 0 spiro atoms. The molecular formula is C15H31N3O. The van der Waals surface area contributed by atoms with Crippen LogP contribution < -0.4 is 11.1 Å². The molecule has 1 aliphatic heterocycles. The minimum atomic E-state index is -0.209. The first-order valence-electron chi connectivity index (χ1n) is 7.75. The summed E-state index contributed by atoms with van der Waals surface area (Å²) < 4.78 is 0. The highest BCUT2D eigenvalue weighted by molar-refractivity contribution is 5.75. The van der Waals surface area contributed by atoms with Gasteiger partial charge in [0.2, 0.25) is 5.91 Å². The van der Waals surface area contributed by atoms with E-state index >= 15 is 0 Å². The van der Waals surface area contributed by atoms with E-state index in [2.05, 4.69) is 31.0 Å². The number of unbranched alkanes of at least 4 members (excludes halogenated alkanes) is 1. The number of carbonyl (C=O) groups excluding carboxylic acids is 1. The number of piperidine rings is 1. The molecule has 112 valence electrons. The highest BCUT2D eigenvalue weighted by Gasteiger charge is 2.27. The predicted octanol–water partition coefficient (Wildman–Crippen LogP) is 1.60. The number of nitrogens with two attached hydrogens (primary N) is 1. The molecule has 1 saturated heterocycles. The molecule has 1 rings (SSSR count). The summed E-state index contributed by atoms with van der Waals surface area (Å²) in [5, 5.41) is 3.64. The summed E-state index contributed by atoms with van der Waals surface area (Å²) in [6.07, 6.45) is 5.04. The Labute approximate surface area is 118 Å². The van der Waals surface area contributed by atoms with Gasteiger partial charge in [0.25, 0.3) is 0 Å². The molecule has 1 aliphatic rings. The lowest BCUT2D eigenvalue weighted by Gasteiger charge is -2.38. The van der Waals surface area contributed by atoms with Crippen molar-refractivity contribution >= 4 is 5.91 Å². The van der Waals surface area contributed by atoms with Crippen molar-refractivity contribution in [2.45, 2.75) is 52.5 Å². The summed E-state index contributed by atoms with van der Waals surface area (Å²) >= 11 is 0. The lowest BCUT2D eigenvalue weighted by Crippen LogP contribution is -2.51. The molecule has 1 heterocycles. The number of nitrogens with one attached hydrogen (secondary N) is 1. The summed E-state index contributed by atoms with van der Waals surface area (Å²) in [6, 6.07) is 0.511. The number of amides is 1. The Morgan fingerprint density at radius 3 is 2.74 bits per heavy atom. The highest BCUT2D eigenvalue weighted by atomic mass is 16.1. The van der Waals surface area contributed by atoms with Crippen LogP contribution in [0, 0.1) is 11.8 Å². The van der Waals surface area contributed by atoms with Crippen molar-refractivity contribution in [1.29, 1.82) is 0 Å². The van der Waals surface area contributed by atoms with E-state index in [1.165, 1.54) is 25.7 Å². The van der Waals surface area contributed by atoms with E-state index in [-0.39, 0.29) is 5.91 Å². The monoisotopic (exact) mass is 269 g/mol. The molecule has 19 heavy (non-hydrogen) atoms. The molecule has 0 radical (unpaired) electrons. The smallest absolute Gasteiger partial charge is 0.231 e. The number of likely N-dealkylation sites (tertiary alicyclic amines) is 1. The van der Waals surface area contributed by atoms with Crippen molar-refractivity contribution in [1.82, 2.24) is 10.2 Å². The second-order valence-corrected chi connectivity index (χ2v) is 6.40. The number of carbonyl (C=O) groups is 1. The second kappa shape index (κ2) is 8.54. The quantitative estimate of drug-likeness (QED) is 0.703. The molecule has 0 aliphatic carbocycles. The molecule has 4 heteroatoms. The molecule has 2 unspecified atom stereocenters. The Balaban J connectivity index is 2.47. The van der Waals surface area contributed by atoms with Gasteiger partial charge in [-0.3, -0.25) is 9.69 Å². The summed E-state index contributed by atoms with van der Waals surface area (Å²) in [5.74, 6) is 1.16. The summed E-state index contributed by atoms with van der Waals surface area (Å²) in [5.41, 5.74) is 5.34. The Kier molecular flexibility index (Phi) is 7.39. The standard InChI is InChI=1S/C15H31N3O/c1-4-5-6-13-7-14(17-8-12(2)3)10-18(9-13)11-15(16)19/h12-14,17H,4-11H2,1-3H3,(H2,16,19). The largest absolute Gasteiger partial charge is 0.369 e. The first-order chi connectivity index (χ1) is 9.01. The van der Waals surface area contributed by atoms with Crippen LogP contribution in [0.15, 0.2) is 0 Å². The third kappa shape index (κ3) is 6.92. The zero-order chi connectivity index (χ0) is 14.3. The van der Waals surface area contributed by atoms with Crippen LogP contribution in [-0.4, -0.2) is 43.0 Å². The minimum Gasteiger partial charge on any atom is -0.369 e. The lowest BCUT2D eigenvalue weighted by molar-refractivity contribution is -0.119. The average Bonchev–Trinajstić information content (AvgIpc) is 2.33. The molecule has 1 amide bonds. The van der Waals surface area contributed by atoms with Gasteiger partial charge in [-0.2, -0.15) is 0 Å². The van der Waals surface area contributed by atoms with Crippen molar-refractivity contribution in [3.05, 3.63) is 0 Å². The van der Waals surface area contributed by atoms with E-state index in [9.17, 15) is 4.79 Å². The summed E-state index contributed by atoms with van der Waals surface area (Å²) in [6.45, 7) is 10.1. The van der Waals surface area contributed by atoms with Crippen LogP contribution in [0.1, 0.15) is 46.5 Å². The fraction of sp³-hybridized carbons (Fsp3) is 0.933. The first-order valence-corrected chi connectivity index (χ1v) is 7.75.